The molecule has 0 bridgehead atoms. The van der Waals surface area contributed by atoms with E-state index in [1.54, 1.807) is 32.1 Å². The molecular formula is C16H23O5P. The molecule has 0 saturated carbocycles. The lowest BCUT2D eigenvalue weighted by Gasteiger charge is -2.20. The Balaban J connectivity index is 3.16. The van der Waals surface area contributed by atoms with E-state index in [0.717, 1.165) is 5.56 Å². The maximum absolute atomic E-state index is 13.0. The minimum atomic E-state index is -3.39. The summed E-state index contributed by atoms with van der Waals surface area (Å²) in [5.41, 5.74) is 1.57. The molecule has 0 N–H and O–H groups in total. The van der Waals surface area contributed by atoms with Crippen molar-refractivity contribution in [3.8, 4) is 0 Å². The van der Waals surface area contributed by atoms with Crippen molar-refractivity contribution in [2.45, 2.75) is 26.7 Å². The topological polar surface area (TPSA) is 61.8 Å². The van der Waals surface area contributed by atoms with Gasteiger partial charge in [0.2, 0.25) is 0 Å². The Kier molecular flexibility index (Phi) is 7.52. The molecule has 1 rings (SSSR count). The van der Waals surface area contributed by atoms with E-state index in [9.17, 15) is 9.36 Å². The van der Waals surface area contributed by atoms with E-state index in [2.05, 4.69) is 11.3 Å². The van der Waals surface area contributed by atoms with Crippen molar-refractivity contribution in [2.75, 3.05) is 20.3 Å². The Bertz CT molecular complexity index is 558. The zero-order valence-corrected chi connectivity index (χ0v) is 14.2. The number of rotatable bonds is 9. The van der Waals surface area contributed by atoms with Crippen LogP contribution in [0.15, 0.2) is 24.8 Å². The fourth-order valence-corrected chi connectivity index (χ4v) is 3.86. The van der Waals surface area contributed by atoms with Crippen LogP contribution in [0.3, 0.4) is 0 Å². The van der Waals surface area contributed by atoms with Gasteiger partial charge in [-0.25, -0.2) is 0 Å². The van der Waals surface area contributed by atoms with Gasteiger partial charge in [0.05, 0.1) is 25.6 Å². The van der Waals surface area contributed by atoms with Gasteiger partial charge in [-0.05, 0) is 37.5 Å². The van der Waals surface area contributed by atoms with Crippen LogP contribution in [0.25, 0.3) is 6.08 Å². The van der Waals surface area contributed by atoms with Crippen molar-refractivity contribution in [2.24, 2.45) is 0 Å². The molecule has 0 aliphatic rings. The number of hydrogen-bond acceptors (Lipinski definition) is 5. The summed E-state index contributed by atoms with van der Waals surface area (Å²) in [5, 5.41) is 0.480. The van der Waals surface area contributed by atoms with Gasteiger partial charge in [-0.15, -0.1) is 0 Å². The van der Waals surface area contributed by atoms with E-state index < -0.39 is 7.60 Å². The van der Waals surface area contributed by atoms with Crippen LogP contribution < -0.4 is 5.30 Å². The van der Waals surface area contributed by atoms with Crippen molar-refractivity contribution >= 4 is 24.9 Å². The van der Waals surface area contributed by atoms with Gasteiger partial charge in [0.15, 0.2) is 0 Å². The Morgan fingerprint density at radius 2 is 1.91 bits per heavy atom. The number of carbonyl (C=O) groups is 1. The Morgan fingerprint density at radius 1 is 1.27 bits per heavy atom. The first-order valence-electron chi connectivity index (χ1n) is 7.22. The van der Waals surface area contributed by atoms with E-state index in [-0.39, 0.29) is 25.6 Å². The quantitative estimate of drug-likeness (QED) is 0.514. The highest BCUT2D eigenvalue weighted by Gasteiger charge is 2.29. The second-order valence-electron chi connectivity index (χ2n) is 4.51. The molecule has 122 valence electrons. The molecule has 0 unspecified atom stereocenters. The lowest BCUT2D eigenvalue weighted by atomic mass is 10.1. The first kappa shape index (κ1) is 18.6. The normalized spacial score (nSPS) is 11.2. The summed E-state index contributed by atoms with van der Waals surface area (Å²) in [6.45, 7) is 7.82. The Hall–Kier alpha value is -1.42. The summed E-state index contributed by atoms with van der Waals surface area (Å²) >= 11 is 0. The van der Waals surface area contributed by atoms with Crippen LogP contribution in [0, 0.1) is 0 Å². The van der Waals surface area contributed by atoms with Crippen molar-refractivity contribution in [1.82, 2.24) is 0 Å². The van der Waals surface area contributed by atoms with Crippen LogP contribution in [0.4, 0.5) is 0 Å². The fraction of sp³-hybridized carbons (Fsp3) is 0.438. The second kappa shape index (κ2) is 8.89. The molecule has 5 nitrogen and oxygen atoms in total. The monoisotopic (exact) mass is 326 g/mol. The van der Waals surface area contributed by atoms with Gasteiger partial charge in [0.1, 0.15) is 0 Å². The van der Waals surface area contributed by atoms with E-state index in [0.29, 0.717) is 17.3 Å². The maximum atomic E-state index is 13.0. The first-order chi connectivity index (χ1) is 10.5. The van der Waals surface area contributed by atoms with Crippen LogP contribution in [0.1, 0.15) is 31.4 Å². The summed E-state index contributed by atoms with van der Waals surface area (Å²) < 4.78 is 28.4. The summed E-state index contributed by atoms with van der Waals surface area (Å²) in [6.07, 6.45) is 2.37. The number of carbonyl (C=O) groups excluding carboxylic acids is 1. The summed E-state index contributed by atoms with van der Waals surface area (Å²) in [7, 11) is -2.04. The van der Waals surface area contributed by atoms with Crippen LogP contribution >= 0.6 is 7.60 Å². The van der Waals surface area contributed by atoms with E-state index in [1.165, 1.54) is 7.11 Å². The van der Waals surface area contributed by atoms with E-state index in [1.807, 2.05) is 6.07 Å². The summed E-state index contributed by atoms with van der Waals surface area (Å²) in [6, 6.07) is 5.43. The molecule has 1 aromatic rings. The summed E-state index contributed by atoms with van der Waals surface area (Å²) in [5.74, 6) is -0.285. The second-order valence-corrected chi connectivity index (χ2v) is 6.50. The third-order valence-electron chi connectivity index (χ3n) is 3.05. The van der Waals surface area contributed by atoms with Crippen LogP contribution in [0.2, 0.25) is 0 Å². The molecule has 0 radical (unpaired) electrons. The molecule has 0 saturated heterocycles. The lowest BCUT2D eigenvalue weighted by molar-refractivity contribution is -0.140. The number of hydrogen-bond donors (Lipinski definition) is 0. The average Bonchev–Trinajstić information content (AvgIpc) is 2.52. The highest BCUT2D eigenvalue weighted by molar-refractivity contribution is 7.62. The molecular weight excluding hydrogens is 303 g/mol. The van der Waals surface area contributed by atoms with Gasteiger partial charge in [-0.2, -0.15) is 0 Å². The molecule has 0 aliphatic heterocycles. The Labute approximate surface area is 131 Å². The van der Waals surface area contributed by atoms with E-state index in [4.69, 9.17) is 9.05 Å². The van der Waals surface area contributed by atoms with Gasteiger partial charge in [0, 0.05) is 6.42 Å². The van der Waals surface area contributed by atoms with Crippen molar-refractivity contribution in [1.29, 1.82) is 0 Å². The zero-order valence-electron chi connectivity index (χ0n) is 13.3. The van der Waals surface area contributed by atoms with Gasteiger partial charge in [-0.3, -0.25) is 9.36 Å². The minimum absolute atomic E-state index is 0.261. The molecule has 1 aromatic carbocycles. The number of ether oxygens (including phenoxy) is 1. The maximum Gasteiger partial charge on any atom is 0.361 e. The highest BCUT2D eigenvalue weighted by atomic mass is 31.2. The number of benzene rings is 1. The number of esters is 1. The molecule has 0 fully saturated rings. The standard InChI is InChI=1S/C16H23O5P/c1-5-14-10-8-13(9-11-16(17)19-4)12-15(14)22(18,20-6-2)21-7-3/h5,8,10,12H,1,6-7,9,11H2,2-4H3. The van der Waals surface area contributed by atoms with Crippen LogP contribution in [-0.2, 0) is 29.6 Å². The minimum Gasteiger partial charge on any atom is -0.469 e. The highest BCUT2D eigenvalue weighted by Crippen LogP contribution is 2.48. The molecule has 0 amide bonds. The SMILES string of the molecule is C=Cc1ccc(CCC(=O)OC)cc1P(=O)(OCC)OCC. The van der Waals surface area contributed by atoms with Gasteiger partial charge in [-0.1, -0.05) is 24.8 Å². The van der Waals surface area contributed by atoms with Gasteiger partial charge < -0.3 is 13.8 Å². The van der Waals surface area contributed by atoms with Crippen molar-refractivity contribution in [3.63, 3.8) is 0 Å². The lowest BCUT2D eigenvalue weighted by Crippen LogP contribution is -2.15. The predicted molar refractivity (Wildman–Crippen MR) is 87.4 cm³/mol. The molecule has 0 spiro atoms. The third kappa shape index (κ3) is 4.80. The fourth-order valence-electron chi connectivity index (χ4n) is 2.02. The predicted octanol–water partition coefficient (Wildman–Crippen LogP) is 3.33. The molecule has 0 atom stereocenters. The molecule has 0 aromatic heterocycles. The smallest absolute Gasteiger partial charge is 0.361 e. The van der Waals surface area contributed by atoms with Gasteiger partial charge in [0.25, 0.3) is 0 Å². The third-order valence-corrected chi connectivity index (χ3v) is 5.23. The molecule has 0 aliphatic carbocycles. The average molecular weight is 326 g/mol. The zero-order chi connectivity index (χ0) is 16.6. The molecule has 6 heteroatoms. The number of methoxy groups -OCH3 is 1. The van der Waals surface area contributed by atoms with Crippen molar-refractivity contribution in [3.05, 3.63) is 35.9 Å². The van der Waals surface area contributed by atoms with Crippen LogP contribution in [-0.4, -0.2) is 26.3 Å². The van der Waals surface area contributed by atoms with E-state index >= 15 is 0 Å². The van der Waals surface area contributed by atoms with Gasteiger partial charge >= 0.3 is 13.6 Å². The first-order valence-corrected chi connectivity index (χ1v) is 8.76. The van der Waals surface area contributed by atoms with Crippen LogP contribution in [0.5, 0.6) is 0 Å². The largest absolute Gasteiger partial charge is 0.469 e. The number of aryl methyl sites for hydroxylation is 1. The summed E-state index contributed by atoms with van der Waals surface area (Å²) in [4.78, 5) is 11.3. The Morgan fingerprint density at radius 3 is 2.41 bits per heavy atom. The van der Waals surface area contributed by atoms with Crippen molar-refractivity contribution < 1.29 is 23.1 Å². The molecule has 0 heterocycles. The molecule has 22 heavy (non-hydrogen) atoms.